The second-order valence-electron chi connectivity index (χ2n) is 3.64. The predicted octanol–water partition coefficient (Wildman–Crippen LogP) is 6.64. The van der Waals surface area contributed by atoms with E-state index in [4.69, 9.17) is 10.5 Å². The van der Waals surface area contributed by atoms with Crippen LogP contribution in [0.25, 0.3) is 0 Å². The molecule has 0 aliphatic carbocycles. The fraction of sp³-hybridized carbons (Fsp3) is 0.333. The Labute approximate surface area is 142 Å². The molecule has 1 rings (SSSR count). The molecule has 0 heterocycles. The highest BCUT2D eigenvalue weighted by atomic mass is 79.9. The molecule has 0 aliphatic heterocycles. The van der Waals surface area contributed by atoms with Gasteiger partial charge in [-0.3, -0.25) is 0 Å². The van der Waals surface area contributed by atoms with Gasteiger partial charge in [0.05, 0.1) is 0 Å². The minimum atomic E-state index is -0.518. The van der Waals surface area contributed by atoms with Crippen LogP contribution in [0.3, 0.4) is 0 Å². The molecule has 0 fully saturated rings. The van der Waals surface area contributed by atoms with Crippen molar-refractivity contribution in [3.05, 3.63) is 58.6 Å². The molecule has 2 N–H and O–H groups in total. The van der Waals surface area contributed by atoms with Crippen molar-refractivity contribution in [1.29, 1.82) is 0 Å². The predicted molar refractivity (Wildman–Crippen MR) is 99.5 cm³/mol. The van der Waals surface area contributed by atoms with Gasteiger partial charge in [0.25, 0.3) is 0 Å². The molecule has 0 saturated heterocycles. The van der Waals surface area contributed by atoms with Crippen LogP contribution in [0.5, 0.6) is 5.75 Å². The normalized spacial score (nSPS) is 10.7. The van der Waals surface area contributed by atoms with Crippen LogP contribution in [0.2, 0.25) is 0 Å². The first kappa shape index (κ1) is 22.7. The van der Waals surface area contributed by atoms with Crippen molar-refractivity contribution in [1.82, 2.24) is 0 Å². The minimum absolute atomic E-state index is 0.0166. The lowest BCUT2D eigenvalue weighted by Crippen LogP contribution is -2.01. The van der Waals surface area contributed by atoms with Crippen molar-refractivity contribution in [2.45, 2.75) is 41.5 Å². The Morgan fingerprint density at radius 1 is 1.27 bits per heavy atom. The van der Waals surface area contributed by atoms with E-state index in [2.05, 4.69) is 22.5 Å². The molecule has 0 aliphatic rings. The van der Waals surface area contributed by atoms with Gasteiger partial charge in [-0.2, -0.15) is 0 Å². The van der Waals surface area contributed by atoms with Gasteiger partial charge in [0.2, 0.25) is 0 Å². The van der Waals surface area contributed by atoms with Gasteiger partial charge in [0, 0.05) is 4.47 Å². The molecule has 0 atom stereocenters. The fourth-order valence-electron chi connectivity index (χ4n) is 1.26. The second kappa shape index (κ2) is 13.1. The zero-order chi connectivity index (χ0) is 17.7. The number of anilines is 1. The number of allylic oxidation sites excluding steroid dienone is 4. The van der Waals surface area contributed by atoms with Crippen LogP contribution in [0.15, 0.2) is 52.7 Å². The molecule has 4 heteroatoms. The van der Waals surface area contributed by atoms with Crippen molar-refractivity contribution >= 4 is 21.6 Å². The summed E-state index contributed by atoms with van der Waals surface area (Å²) in [4.78, 5) is 0. The van der Waals surface area contributed by atoms with Crippen LogP contribution in [-0.4, -0.2) is 0 Å². The van der Waals surface area contributed by atoms with Gasteiger partial charge >= 0.3 is 0 Å². The van der Waals surface area contributed by atoms with Crippen molar-refractivity contribution in [3.63, 3.8) is 0 Å². The van der Waals surface area contributed by atoms with E-state index < -0.39 is 5.82 Å². The second-order valence-corrected chi connectivity index (χ2v) is 4.56. The lowest BCUT2D eigenvalue weighted by Gasteiger charge is -2.13. The molecule has 0 amide bonds. The van der Waals surface area contributed by atoms with Crippen LogP contribution >= 0.6 is 15.9 Å². The van der Waals surface area contributed by atoms with E-state index in [1.54, 1.807) is 18.2 Å². The number of benzene rings is 1. The first-order valence-electron chi connectivity index (χ1n) is 7.38. The zero-order valence-electron chi connectivity index (χ0n) is 14.3. The summed E-state index contributed by atoms with van der Waals surface area (Å²) >= 11 is 3.20. The highest BCUT2D eigenvalue weighted by Gasteiger charge is 2.11. The van der Waals surface area contributed by atoms with E-state index in [9.17, 15) is 4.39 Å². The van der Waals surface area contributed by atoms with Crippen LogP contribution in [0.1, 0.15) is 41.5 Å². The third kappa shape index (κ3) is 7.46. The number of hydrogen-bond acceptors (Lipinski definition) is 2. The average Bonchev–Trinajstić information content (AvgIpc) is 2.54. The van der Waals surface area contributed by atoms with Crippen molar-refractivity contribution in [3.8, 4) is 5.75 Å². The number of hydrogen-bond donors (Lipinski definition) is 1. The molecule has 0 radical (unpaired) electrons. The summed E-state index contributed by atoms with van der Waals surface area (Å²) in [6.45, 7) is 15.4. The zero-order valence-corrected chi connectivity index (χ0v) is 15.9. The molecular formula is C18H27BrFNO. The summed E-state index contributed by atoms with van der Waals surface area (Å²) in [5.41, 5.74) is 6.54. The maximum absolute atomic E-state index is 13.5. The summed E-state index contributed by atoms with van der Waals surface area (Å²) in [7, 11) is 0. The van der Waals surface area contributed by atoms with Crippen LogP contribution < -0.4 is 10.5 Å². The number of nitrogen functional groups attached to an aromatic ring is 1. The van der Waals surface area contributed by atoms with Crippen molar-refractivity contribution in [2.75, 3.05) is 5.73 Å². The third-order valence-electron chi connectivity index (χ3n) is 2.37. The molecule has 22 heavy (non-hydrogen) atoms. The lowest BCUT2D eigenvalue weighted by atomic mass is 10.2. The molecule has 0 aromatic heterocycles. The van der Waals surface area contributed by atoms with E-state index in [0.717, 1.165) is 5.57 Å². The molecule has 0 saturated carbocycles. The fourth-order valence-corrected chi connectivity index (χ4v) is 1.67. The van der Waals surface area contributed by atoms with Gasteiger partial charge in [-0.05, 0) is 37.6 Å². The maximum atomic E-state index is 13.5. The third-order valence-corrected chi connectivity index (χ3v) is 2.83. The van der Waals surface area contributed by atoms with Gasteiger partial charge in [0.15, 0.2) is 11.6 Å². The summed E-state index contributed by atoms with van der Waals surface area (Å²) in [6.07, 6.45) is 5.19. The van der Waals surface area contributed by atoms with E-state index in [1.165, 1.54) is 6.07 Å². The van der Waals surface area contributed by atoms with E-state index in [1.807, 2.05) is 47.6 Å². The molecule has 0 unspecified atom stereocenters. The Kier molecular flexibility index (Phi) is 13.6. The van der Waals surface area contributed by atoms with Gasteiger partial charge in [-0.1, -0.05) is 62.4 Å². The van der Waals surface area contributed by atoms with Gasteiger partial charge in [-0.25, -0.2) is 4.39 Å². The number of nitrogens with two attached hydrogens (primary N) is 1. The number of rotatable bonds is 4. The quantitative estimate of drug-likeness (QED) is 0.365. The van der Waals surface area contributed by atoms with Gasteiger partial charge < -0.3 is 10.5 Å². The standard InChI is InChI=1S/C14H15BrFNO.2C2H6/c1-4-6-12(9(3)5-2)18-13-8-10(15)7-11(16)14(13)17;2*1-2/h4-8H,1,17H2,2-3H3;2*1-2H3/b9-5-,12-6+;;. The maximum Gasteiger partial charge on any atom is 0.154 e. The Balaban J connectivity index is 0. The molecular weight excluding hydrogens is 345 g/mol. The topological polar surface area (TPSA) is 35.2 Å². The van der Waals surface area contributed by atoms with E-state index in [0.29, 0.717) is 10.2 Å². The highest BCUT2D eigenvalue weighted by molar-refractivity contribution is 9.10. The van der Waals surface area contributed by atoms with Crippen molar-refractivity contribution < 1.29 is 9.13 Å². The Morgan fingerprint density at radius 2 is 1.82 bits per heavy atom. The lowest BCUT2D eigenvalue weighted by molar-refractivity contribution is 0.435. The number of ether oxygens (including phenoxy) is 1. The molecule has 1 aromatic carbocycles. The Hall–Kier alpha value is -1.55. The summed E-state index contributed by atoms with van der Waals surface area (Å²) in [5, 5.41) is 0. The van der Waals surface area contributed by atoms with Gasteiger partial charge in [-0.15, -0.1) is 0 Å². The smallest absolute Gasteiger partial charge is 0.154 e. The largest absolute Gasteiger partial charge is 0.455 e. The van der Waals surface area contributed by atoms with Gasteiger partial charge in [0.1, 0.15) is 11.4 Å². The SMILES string of the molecule is C=C/C=C(Oc1cc(Br)cc(F)c1N)\C(C)=C/C.CC.CC. The van der Waals surface area contributed by atoms with E-state index in [-0.39, 0.29) is 11.4 Å². The monoisotopic (exact) mass is 371 g/mol. The molecule has 2 nitrogen and oxygen atoms in total. The minimum Gasteiger partial charge on any atom is -0.455 e. The molecule has 1 aromatic rings. The summed E-state index contributed by atoms with van der Waals surface area (Å²) in [6, 6.07) is 2.92. The summed E-state index contributed by atoms with van der Waals surface area (Å²) in [5.74, 6) is 0.336. The number of halogens is 2. The molecule has 0 spiro atoms. The summed E-state index contributed by atoms with van der Waals surface area (Å²) < 4.78 is 19.7. The van der Waals surface area contributed by atoms with E-state index >= 15 is 0 Å². The highest BCUT2D eigenvalue weighted by Crippen LogP contribution is 2.31. The molecule has 0 bridgehead atoms. The van der Waals surface area contributed by atoms with Crippen LogP contribution in [0, 0.1) is 5.82 Å². The van der Waals surface area contributed by atoms with Crippen LogP contribution in [0.4, 0.5) is 10.1 Å². The van der Waals surface area contributed by atoms with Crippen molar-refractivity contribution in [2.24, 2.45) is 0 Å². The Morgan fingerprint density at radius 3 is 2.27 bits per heavy atom. The first-order valence-corrected chi connectivity index (χ1v) is 8.17. The van der Waals surface area contributed by atoms with Crippen LogP contribution in [-0.2, 0) is 0 Å². The average molecular weight is 372 g/mol. The Bertz CT molecular complexity index is 522. The molecule has 124 valence electrons. The first-order chi connectivity index (χ1) is 10.5.